The maximum atomic E-state index is 12.4. The van der Waals surface area contributed by atoms with Crippen molar-refractivity contribution in [3.8, 4) is 0 Å². The Morgan fingerprint density at radius 1 is 1.26 bits per heavy atom. The lowest BCUT2D eigenvalue weighted by molar-refractivity contribution is -0.133. The predicted molar refractivity (Wildman–Crippen MR) is 92.4 cm³/mol. The first-order chi connectivity index (χ1) is 11.1. The van der Waals surface area contributed by atoms with E-state index >= 15 is 0 Å². The van der Waals surface area contributed by atoms with Crippen molar-refractivity contribution in [1.82, 2.24) is 9.88 Å². The van der Waals surface area contributed by atoms with E-state index in [1.54, 1.807) is 0 Å². The van der Waals surface area contributed by atoms with Gasteiger partial charge >= 0.3 is 0 Å². The van der Waals surface area contributed by atoms with Crippen LogP contribution < -0.4 is 5.56 Å². The number of amides is 1. The summed E-state index contributed by atoms with van der Waals surface area (Å²) in [4.78, 5) is 29.6. The van der Waals surface area contributed by atoms with Crippen LogP contribution in [0.2, 0.25) is 0 Å². The van der Waals surface area contributed by atoms with Crippen LogP contribution in [0.25, 0.3) is 10.9 Å². The second-order valence-corrected chi connectivity index (χ2v) is 6.53. The second-order valence-electron chi connectivity index (χ2n) is 6.53. The average molecular weight is 312 g/mol. The Morgan fingerprint density at radius 3 is 2.70 bits per heavy atom. The molecule has 0 atom stereocenters. The standard InChI is InChI=1S/C19H24N2O2/c1-3-18(22)21(16-6-4-5-7-16)12-15-11-14-10-13(2)8-9-17(14)20-19(15)23/h8-11,16H,3-7,12H2,1-2H3,(H,20,23). The minimum absolute atomic E-state index is 0.0896. The molecule has 0 saturated heterocycles. The first-order valence-electron chi connectivity index (χ1n) is 8.50. The predicted octanol–water partition coefficient (Wildman–Crippen LogP) is 3.52. The zero-order chi connectivity index (χ0) is 16.4. The fourth-order valence-electron chi connectivity index (χ4n) is 3.51. The van der Waals surface area contributed by atoms with Crippen LogP contribution in [0.5, 0.6) is 0 Å². The summed E-state index contributed by atoms with van der Waals surface area (Å²) >= 11 is 0. The van der Waals surface area contributed by atoms with E-state index in [2.05, 4.69) is 11.1 Å². The largest absolute Gasteiger partial charge is 0.335 e. The molecule has 3 rings (SSSR count). The quantitative estimate of drug-likeness (QED) is 0.939. The normalized spacial score (nSPS) is 15.2. The molecule has 0 aliphatic heterocycles. The maximum absolute atomic E-state index is 12.4. The molecule has 23 heavy (non-hydrogen) atoms. The van der Waals surface area contributed by atoms with Crippen molar-refractivity contribution < 1.29 is 4.79 Å². The highest BCUT2D eigenvalue weighted by Crippen LogP contribution is 2.25. The van der Waals surface area contributed by atoms with E-state index in [0.29, 0.717) is 18.5 Å². The first kappa shape index (κ1) is 15.8. The van der Waals surface area contributed by atoms with Gasteiger partial charge in [0.05, 0.1) is 6.54 Å². The molecule has 0 radical (unpaired) electrons. The molecule has 122 valence electrons. The summed E-state index contributed by atoms with van der Waals surface area (Å²) < 4.78 is 0. The Hall–Kier alpha value is -2.10. The molecular formula is C19H24N2O2. The van der Waals surface area contributed by atoms with Crippen LogP contribution in [-0.4, -0.2) is 21.8 Å². The minimum Gasteiger partial charge on any atom is -0.335 e. The Balaban J connectivity index is 1.95. The summed E-state index contributed by atoms with van der Waals surface area (Å²) in [7, 11) is 0. The van der Waals surface area contributed by atoms with Gasteiger partial charge in [0.1, 0.15) is 0 Å². The monoisotopic (exact) mass is 312 g/mol. The van der Waals surface area contributed by atoms with Gasteiger partial charge in [0.2, 0.25) is 5.91 Å². The molecule has 1 N–H and O–H groups in total. The van der Waals surface area contributed by atoms with Gasteiger partial charge in [-0.25, -0.2) is 0 Å². The Labute approximate surface area is 136 Å². The molecule has 1 fully saturated rings. The number of hydrogen-bond acceptors (Lipinski definition) is 2. The molecule has 4 heteroatoms. The van der Waals surface area contributed by atoms with Crippen LogP contribution in [-0.2, 0) is 11.3 Å². The third-order valence-corrected chi connectivity index (χ3v) is 4.81. The number of aromatic amines is 1. The number of nitrogens with zero attached hydrogens (tertiary/aromatic N) is 1. The number of carbonyl (C=O) groups is 1. The molecule has 1 amide bonds. The van der Waals surface area contributed by atoms with Crippen LogP contribution in [0.15, 0.2) is 29.1 Å². The Bertz CT molecular complexity index is 773. The van der Waals surface area contributed by atoms with Crippen LogP contribution in [0.3, 0.4) is 0 Å². The van der Waals surface area contributed by atoms with E-state index in [9.17, 15) is 9.59 Å². The lowest BCUT2D eigenvalue weighted by atomic mass is 10.1. The highest BCUT2D eigenvalue weighted by Gasteiger charge is 2.26. The number of aromatic nitrogens is 1. The first-order valence-corrected chi connectivity index (χ1v) is 8.50. The fourth-order valence-corrected chi connectivity index (χ4v) is 3.51. The summed E-state index contributed by atoms with van der Waals surface area (Å²) in [5.41, 5.74) is 2.59. The van der Waals surface area contributed by atoms with Gasteiger partial charge in [0.15, 0.2) is 0 Å². The molecule has 1 heterocycles. The van der Waals surface area contributed by atoms with Gasteiger partial charge in [-0.3, -0.25) is 9.59 Å². The summed E-state index contributed by atoms with van der Waals surface area (Å²) in [6.07, 6.45) is 4.94. The second kappa shape index (κ2) is 6.57. The van der Waals surface area contributed by atoms with E-state index in [4.69, 9.17) is 0 Å². The van der Waals surface area contributed by atoms with E-state index in [0.717, 1.165) is 29.3 Å². The number of H-pyrrole nitrogens is 1. The van der Waals surface area contributed by atoms with Crippen molar-refractivity contribution in [1.29, 1.82) is 0 Å². The van der Waals surface area contributed by atoms with E-state index in [-0.39, 0.29) is 17.5 Å². The van der Waals surface area contributed by atoms with Gasteiger partial charge in [-0.15, -0.1) is 0 Å². The molecule has 1 aromatic carbocycles. The van der Waals surface area contributed by atoms with Gasteiger partial charge in [-0.05, 0) is 43.4 Å². The van der Waals surface area contributed by atoms with Gasteiger partial charge in [0, 0.05) is 23.5 Å². The lowest BCUT2D eigenvalue weighted by Gasteiger charge is -2.28. The molecule has 4 nitrogen and oxygen atoms in total. The molecule has 0 spiro atoms. The number of fused-ring (bicyclic) bond motifs is 1. The SMILES string of the molecule is CCC(=O)N(Cc1cc2cc(C)ccc2[nH]c1=O)C1CCCC1. The van der Waals surface area contributed by atoms with Crippen LogP contribution in [0.4, 0.5) is 0 Å². The topological polar surface area (TPSA) is 53.2 Å². The van der Waals surface area contributed by atoms with Gasteiger partial charge in [0.25, 0.3) is 5.56 Å². The molecule has 2 aromatic rings. The van der Waals surface area contributed by atoms with Crippen molar-refractivity contribution >= 4 is 16.8 Å². The molecule has 1 aliphatic carbocycles. The number of nitrogens with one attached hydrogen (secondary N) is 1. The van der Waals surface area contributed by atoms with E-state index in [1.165, 1.54) is 12.8 Å². The third kappa shape index (κ3) is 3.31. The highest BCUT2D eigenvalue weighted by atomic mass is 16.2. The van der Waals surface area contributed by atoms with Crippen molar-refractivity contribution in [3.63, 3.8) is 0 Å². The average Bonchev–Trinajstić information content (AvgIpc) is 3.06. The van der Waals surface area contributed by atoms with Crippen molar-refractivity contribution in [2.75, 3.05) is 0 Å². The molecular weight excluding hydrogens is 288 g/mol. The van der Waals surface area contributed by atoms with Crippen molar-refractivity contribution in [2.24, 2.45) is 0 Å². The summed E-state index contributed by atoms with van der Waals surface area (Å²) in [6, 6.07) is 8.21. The van der Waals surface area contributed by atoms with Gasteiger partial charge in [-0.1, -0.05) is 31.4 Å². The molecule has 1 aliphatic rings. The number of rotatable bonds is 4. The summed E-state index contributed by atoms with van der Waals surface area (Å²) in [5.74, 6) is 0.139. The van der Waals surface area contributed by atoms with Crippen LogP contribution in [0, 0.1) is 6.92 Å². The number of pyridine rings is 1. The van der Waals surface area contributed by atoms with Crippen LogP contribution >= 0.6 is 0 Å². The van der Waals surface area contributed by atoms with Gasteiger partial charge in [-0.2, -0.15) is 0 Å². The number of benzene rings is 1. The Morgan fingerprint density at radius 2 is 2.00 bits per heavy atom. The number of carbonyl (C=O) groups excluding carboxylic acids is 1. The van der Waals surface area contributed by atoms with Gasteiger partial charge < -0.3 is 9.88 Å². The summed E-state index contributed by atoms with van der Waals surface area (Å²) in [6.45, 7) is 4.34. The lowest BCUT2D eigenvalue weighted by Crippen LogP contribution is -2.39. The molecule has 1 saturated carbocycles. The maximum Gasteiger partial charge on any atom is 0.253 e. The minimum atomic E-state index is -0.0896. The highest BCUT2D eigenvalue weighted by molar-refractivity contribution is 5.80. The van der Waals surface area contributed by atoms with E-state index in [1.807, 2.05) is 36.9 Å². The summed E-state index contributed by atoms with van der Waals surface area (Å²) in [5, 5.41) is 1.02. The third-order valence-electron chi connectivity index (χ3n) is 4.81. The molecule has 0 unspecified atom stereocenters. The van der Waals surface area contributed by atoms with Crippen molar-refractivity contribution in [3.05, 3.63) is 45.7 Å². The van der Waals surface area contributed by atoms with Crippen LogP contribution in [0.1, 0.15) is 50.2 Å². The zero-order valence-corrected chi connectivity index (χ0v) is 13.9. The smallest absolute Gasteiger partial charge is 0.253 e. The number of hydrogen-bond donors (Lipinski definition) is 1. The fraction of sp³-hybridized carbons (Fsp3) is 0.474. The van der Waals surface area contributed by atoms with Crippen molar-refractivity contribution in [2.45, 2.75) is 58.5 Å². The Kier molecular flexibility index (Phi) is 4.51. The molecule has 1 aromatic heterocycles. The zero-order valence-electron chi connectivity index (χ0n) is 13.9. The van der Waals surface area contributed by atoms with E-state index < -0.39 is 0 Å². The molecule has 0 bridgehead atoms. The number of aryl methyl sites for hydroxylation is 1.